The van der Waals surface area contributed by atoms with Gasteiger partial charge in [0, 0.05) is 33.4 Å². The molecule has 1 unspecified atom stereocenters. The molecule has 1 aliphatic heterocycles. The third-order valence-corrected chi connectivity index (χ3v) is 5.49. The molecule has 1 fully saturated rings. The summed E-state index contributed by atoms with van der Waals surface area (Å²) in [5.41, 5.74) is 9.51. The van der Waals surface area contributed by atoms with Crippen molar-refractivity contribution in [2.75, 3.05) is 10.6 Å². The molecule has 0 bridgehead atoms. The molecule has 0 radical (unpaired) electrons. The Morgan fingerprint density at radius 1 is 1.18 bits per heavy atom. The van der Waals surface area contributed by atoms with Gasteiger partial charge in [0.25, 0.3) is 0 Å². The summed E-state index contributed by atoms with van der Waals surface area (Å²) in [4.78, 5) is 4.64. The van der Waals surface area contributed by atoms with E-state index in [1.807, 2.05) is 30.3 Å². The number of halogens is 2. The molecule has 5 rings (SSSR count). The van der Waals surface area contributed by atoms with Gasteiger partial charge in [-0.2, -0.15) is 5.10 Å². The fourth-order valence-corrected chi connectivity index (χ4v) is 3.75. The zero-order valence-electron chi connectivity index (χ0n) is 14.8. The molecule has 2 aromatic carbocycles. The average Bonchev–Trinajstić information content (AvgIpc) is 3.41. The molecule has 1 aliphatic carbocycles. The maximum absolute atomic E-state index is 14.7. The van der Waals surface area contributed by atoms with E-state index in [4.69, 9.17) is 5.73 Å². The van der Waals surface area contributed by atoms with Crippen LogP contribution in [0.3, 0.4) is 0 Å². The number of anilines is 2. The van der Waals surface area contributed by atoms with Crippen molar-refractivity contribution in [3.05, 3.63) is 75.6 Å². The van der Waals surface area contributed by atoms with Crippen molar-refractivity contribution in [1.82, 2.24) is 10.2 Å². The van der Waals surface area contributed by atoms with Crippen molar-refractivity contribution in [2.45, 2.75) is 24.5 Å². The van der Waals surface area contributed by atoms with E-state index in [9.17, 15) is 4.39 Å². The van der Waals surface area contributed by atoms with Crippen LogP contribution in [0.15, 0.2) is 58.0 Å². The quantitative estimate of drug-likeness (QED) is 0.490. The maximum atomic E-state index is 14.7. The Morgan fingerprint density at radius 2 is 2.00 bits per heavy atom. The van der Waals surface area contributed by atoms with E-state index in [2.05, 4.69) is 41.8 Å². The number of aromatic nitrogens is 2. The summed E-state index contributed by atoms with van der Waals surface area (Å²) in [6, 6.07) is 14.4. The van der Waals surface area contributed by atoms with E-state index in [0.29, 0.717) is 22.0 Å². The van der Waals surface area contributed by atoms with Crippen molar-refractivity contribution < 1.29 is 4.39 Å². The van der Waals surface area contributed by atoms with E-state index in [1.54, 1.807) is 12.1 Å². The summed E-state index contributed by atoms with van der Waals surface area (Å²) in [7, 11) is 0. The van der Waals surface area contributed by atoms with Crippen LogP contribution >= 0.6 is 15.9 Å². The Labute approximate surface area is 169 Å². The number of aromatic amines is 1. The molecule has 0 amide bonds. The highest BCUT2D eigenvalue weighted by Gasteiger charge is 2.35. The zero-order chi connectivity index (χ0) is 19.3. The molecule has 6 nitrogen and oxygen atoms in total. The number of benzene rings is 2. The third kappa shape index (κ3) is 3.08. The van der Waals surface area contributed by atoms with E-state index in [0.717, 1.165) is 16.9 Å². The average molecular weight is 441 g/mol. The number of hydrogen-bond donors (Lipinski definition) is 4. The lowest BCUT2D eigenvalue weighted by molar-refractivity contribution is 0.491. The topological polar surface area (TPSA) is 91.1 Å². The molecule has 8 heteroatoms. The van der Waals surface area contributed by atoms with E-state index in [-0.39, 0.29) is 5.56 Å². The Hall–Kier alpha value is -2.71. The fourth-order valence-electron chi connectivity index (χ4n) is 3.42. The molecule has 2 aliphatic rings. The largest absolute Gasteiger partial charge is 0.344 e. The van der Waals surface area contributed by atoms with E-state index in [1.165, 1.54) is 18.9 Å². The van der Waals surface area contributed by atoms with Gasteiger partial charge in [0.1, 0.15) is 11.7 Å². The van der Waals surface area contributed by atoms with Crippen LogP contribution < -0.4 is 16.4 Å². The summed E-state index contributed by atoms with van der Waals surface area (Å²) in [6.07, 6.45) is 2.37. The Morgan fingerprint density at radius 3 is 2.79 bits per heavy atom. The molecule has 0 saturated heterocycles. The molecule has 142 valence electrons. The van der Waals surface area contributed by atoms with Crippen LogP contribution in [0.5, 0.6) is 0 Å². The fraction of sp³-hybridized carbons (Fsp3) is 0.200. The van der Waals surface area contributed by atoms with E-state index < -0.39 is 11.6 Å². The van der Waals surface area contributed by atoms with Gasteiger partial charge < -0.3 is 10.6 Å². The highest BCUT2D eigenvalue weighted by atomic mass is 79.9. The lowest BCUT2D eigenvalue weighted by Gasteiger charge is -2.34. The highest BCUT2D eigenvalue weighted by molar-refractivity contribution is 9.10. The molecule has 3 aromatic rings. The zero-order valence-corrected chi connectivity index (χ0v) is 16.4. The first-order chi connectivity index (χ1) is 13.5. The Bertz CT molecular complexity index is 1090. The van der Waals surface area contributed by atoms with Crippen molar-refractivity contribution >= 4 is 33.3 Å². The van der Waals surface area contributed by atoms with Crippen LogP contribution in [0.25, 0.3) is 0 Å². The summed E-state index contributed by atoms with van der Waals surface area (Å²) in [6.45, 7) is 0. The first kappa shape index (κ1) is 17.4. The number of fused-ring (bicyclic) bond motifs is 1. The predicted octanol–water partition coefficient (Wildman–Crippen LogP) is 4.24. The molecule has 1 saturated carbocycles. The number of amidine groups is 1. The van der Waals surface area contributed by atoms with Gasteiger partial charge in [0.15, 0.2) is 5.82 Å². The van der Waals surface area contributed by atoms with Crippen LogP contribution in [0, 0.1) is 5.82 Å². The number of aliphatic imine (C=N–C) groups is 1. The van der Waals surface area contributed by atoms with Crippen LogP contribution in [0.1, 0.15) is 35.6 Å². The van der Waals surface area contributed by atoms with Gasteiger partial charge in [-0.05, 0) is 43.2 Å². The van der Waals surface area contributed by atoms with Gasteiger partial charge in [0.05, 0.1) is 5.56 Å². The minimum atomic E-state index is -1.45. The summed E-state index contributed by atoms with van der Waals surface area (Å²) < 4.78 is 15.3. The van der Waals surface area contributed by atoms with Crippen LogP contribution in [0.4, 0.5) is 15.9 Å². The first-order valence-corrected chi connectivity index (χ1v) is 9.85. The molecule has 0 spiro atoms. The molecule has 5 N–H and O–H groups in total. The number of hydrogen-bond acceptors (Lipinski definition) is 5. The number of rotatable bonds is 3. The second-order valence-corrected chi connectivity index (χ2v) is 8.05. The number of para-hydroxylation sites is 1. The smallest absolute Gasteiger partial charge is 0.214 e. The number of nitrogens with zero attached hydrogens (tertiary/aromatic N) is 2. The van der Waals surface area contributed by atoms with Crippen LogP contribution in [0.2, 0.25) is 0 Å². The second-order valence-electron chi connectivity index (χ2n) is 7.13. The van der Waals surface area contributed by atoms with Gasteiger partial charge in [-0.1, -0.05) is 28.1 Å². The van der Waals surface area contributed by atoms with Gasteiger partial charge >= 0.3 is 0 Å². The highest BCUT2D eigenvalue weighted by Crippen LogP contribution is 2.40. The summed E-state index contributed by atoms with van der Waals surface area (Å²) in [5.74, 6) is -0.126. The maximum Gasteiger partial charge on any atom is 0.214 e. The Kier molecular flexibility index (Phi) is 3.99. The molecule has 1 atom stereocenters. The van der Waals surface area contributed by atoms with Gasteiger partial charge in [-0.3, -0.25) is 10.8 Å². The van der Waals surface area contributed by atoms with Crippen molar-refractivity contribution in [1.29, 1.82) is 0 Å². The van der Waals surface area contributed by atoms with Gasteiger partial charge in [0.2, 0.25) is 5.79 Å². The van der Waals surface area contributed by atoms with Crippen molar-refractivity contribution in [2.24, 2.45) is 10.7 Å². The Balaban J connectivity index is 1.56. The first-order valence-electron chi connectivity index (χ1n) is 9.06. The number of nitrogens with two attached hydrogens (primary N) is 1. The lowest BCUT2D eigenvalue weighted by Crippen LogP contribution is -2.47. The second kappa shape index (κ2) is 6.42. The standard InChI is InChI=1S/C20H18BrFN6/c21-12-7-8-14(15(22)9-12)20(23)25-16-4-2-1-3-13(16)19(26-20)24-18-10-17(27-28-18)11-5-6-11/h1-4,7-11,25H,5-6,23H2,(H2,24,26,27,28). The number of H-pyrrole nitrogens is 1. The molecule has 1 aromatic heterocycles. The SMILES string of the molecule is NC1(c2ccc(Br)cc2F)N=C(Nc2cc(C3CC3)[nH]n2)c2ccccc2N1. The molecule has 2 heterocycles. The van der Waals surface area contributed by atoms with Crippen LogP contribution in [-0.4, -0.2) is 16.0 Å². The van der Waals surface area contributed by atoms with Crippen LogP contribution in [-0.2, 0) is 5.79 Å². The van der Waals surface area contributed by atoms with Gasteiger partial charge in [-0.25, -0.2) is 9.38 Å². The lowest BCUT2D eigenvalue weighted by atomic mass is 10.0. The predicted molar refractivity (Wildman–Crippen MR) is 111 cm³/mol. The summed E-state index contributed by atoms with van der Waals surface area (Å²) in [5, 5.41) is 13.8. The van der Waals surface area contributed by atoms with Crippen molar-refractivity contribution in [3.8, 4) is 0 Å². The third-order valence-electron chi connectivity index (χ3n) is 5.00. The minimum Gasteiger partial charge on any atom is -0.344 e. The minimum absolute atomic E-state index is 0.255. The van der Waals surface area contributed by atoms with Gasteiger partial charge in [-0.15, -0.1) is 0 Å². The monoisotopic (exact) mass is 440 g/mol. The van der Waals surface area contributed by atoms with Crippen molar-refractivity contribution in [3.63, 3.8) is 0 Å². The molecular formula is C20H18BrFN6. The molecular weight excluding hydrogens is 423 g/mol. The summed E-state index contributed by atoms with van der Waals surface area (Å²) >= 11 is 3.28. The molecule has 28 heavy (non-hydrogen) atoms. The van der Waals surface area contributed by atoms with E-state index >= 15 is 0 Å². The number of nitrogens with one attached hydrogen (secondary N) is 3. The normalized spacial score (nSPS) is 20.9.